The lowest BCUT2D eigenvalue weighted by Gasteiger charge is -2.30. The number of nitrogens with zero attached hydrogens (tertiary/aromatic N) is 3. The number of rotatable bonds is 6. The number of carbonyl (C=O) groups is 2. The van der Waals surface area contributed by atoms with Gasteiger partial charge in [-0.05, 0) is 54.6 Å². The molecule has 1 aliphatic rings. The molecule has 10 heteroatoms. The SMILES string of the molecule is O=C(Nc1cccnc1)c1cc(CSc2ccccc2)n2c1C(=O)N(c1ccc(C(F)(F)F)cc1)CC2. The van der Waals surface area contributed by atoms with E-state index in [1.165, 1.54) is 23.2 Å². The van der Waals surface area contributed by atoms with Gasteiger partial charge in [0, 0.05) is 41.3 Å². The minimum atomic E-state index is -4.47. The Kier molecular flexibility index (Phi) is 6.75. The second-order valence-corrected chi connectivity index (χ2v) is 9.40. The summed E-state index contributed by atoms with van der Waals surface area (Å²) in [5, 5.41) is 2.78. The molecule has 3 heterocycles. The topological polar surface area (TPSA) is 67.2 Å². The number of halogens is 3. The molecule has 0 unspecified atom stereocenters. The number of hydrogen-bond acceptors (Lipinski definition) is 4. The molecule has 6 nitrogen and oxygen atoms in total. The van der Waals surface area contributed by atoms with E-state index in [4.69, 9.17) is 0 Å². The second-order valence-electron chi connectivity index (χ2n) is 8.35. The Hall–Kier alpha value is -4.05. The molecule has 0 fully saturated rings. The largest absolute Gasteiger partial charge is 0.416 e. The van der Waals surface area contributed by atoms with Crippen molar-refractivity contribution in [3.63, 3.8) is 0 Å². The van der Waals surface area contributed by atoms with E-state index in [0.29, 0.717) is 23.7 Å². The van der Waals surface area contributed by atoms with Crippen LogP contribution in [0.2, 0.25) is 0 Å². The molecule has 2 aromatic heterocycles. The van der Waals surface area contributed by atoms with Crippen LogP contribution in [0.3, 0.4) is 0 Å². The lowest BCUT2D eigenvalue weighted by atomic mass is 10.1. The highest BCUT2D eigenvalue weighted by molar-refractivity contribution is 7.98. The van der Waals surface area contributed by atoms with E-state index in [0.717, 1.165) is 22.7 Å². The maximum absolute atomic E-state index is 13.6. The Morgan fingerprint density at radius 2 is 1.76 bits per heavy atom. The number of pyridine rings is 1. The van der Waals surface area contributed by atoms with E-state index < -0.39 is 23.6 Å². The highest BCUT2D eigenvalue weighted by atomic mass is 32.2. The van der Waals surface area contributed by atoms with Crippen LogP contribution >= 0.6 is 11.8 Å². The van der Waals surface area contributed by atoms with Crippen LogP contribution in [0.25, 0.3) is 0 Å². The minimum absolute atomic E-state index is 0.203. The van der Waals surface area contributed by atoms with Gasteiger partial charge in [0.2, 0.25) is 0 Å². The normalized spacial score (nSPS) is 13.4. The standard InChI is InChI=1S/C27H21F3N4O2S/c28-27(29,30)18-8-10-20(11-9-18)34-14-13-33-21(17-37-22-6-2-1-3-7-22)15-23(24(33)26(34)36)25(35)32-19-5-4-12-31-16-19/h1-12,15-16H,13-14,17H2,(H,32,35). The van der Waals surface area contributed by atoms with Gasteiger partial charge in [-0.3, -0.25) is 14.6 Å². The van der Waals surface area contributed by atoms with E-state index in [1.807, 2.05) is 34.9 Å². The average Bonchev–Trinajstić information content (AvgIpc) is 3.28. The first-order valence-electron chi connectivity index (χ1n) is 11.4. The Morgan fingerprint density at radius 3 is 2.43 bits per heavy atom. The number of carbonyl (C=O) groups excluding carboxylic acids is 2. The first-order valence-corrected chi connectivity index (χ1v) is 12.4. The summed E-state index contributed by atoms with van der Waals surface area (Å²) in [6.45, 7) is 0.658. The second kappa shape index (κ2) is 10.1. The molecule has 1 aliphatic heterocycles. The number of benzene rings is 2. The zero-order chi connectivity index (χ0) is 26.0. The number of amides is 2. The van der Waals surface area contributed by atoms with E-state index >= 15 is 0 Å². The molecule has 1 N–H and O–H groups in total. The maximum Gasteiger partial charge on any atom is 0.416 e. The van der Waals surface area contributed by atoms with Gasteiger partial charge in [-0.25, -0.2) is 0 Å². The predicted molar refractivity (Wildman–Crippen MR) is 136 cm³/mol. The Balaban J connectivity index is 1.48. The molecule has 0 saturated heterocycles. The van der Waals surface area contributed by atoms with Gasteiger partial charge in [-0.1, -0.05) is 18.2 Å². The number of thioether (sulfide) groups is 1. The number of hydrogen-bond donors (Lipinski definition) is 1. The van der Waals surface area contributed by atoms with E-state index in [9.17, 15) is 22.8 Å². The van der Waals surface area contributed by atoms with Crippen molar-refractivity contribution in [3.05, 3.63) is 108 Å². The summed E-state index contributed by atoms with van der Waals surface area (Å²) in [4.78, 5) is 33.4. The van der Waals surface area contributed by atoms with E-state index in [-0.39, 0.29) is 17.8 Å². The Labute approximate surface area is 215 Å². The number of alkyl halides is 3. The van der Waals surface area contributed by atoms with Gasteiger partial charge < -0.3 is 14.8 Å². The molecule has 0 radical (unpaired) electrons. The van der Waals surface area contributed by atoms with Crippen LogP contribution in [-0.2, 0) is 18.5 Å². The Bertz CT molecular complexity index is 1420. The van der Waals surface area contributed by atoms with Gasteiger partial charge in [0.25, 0.3) is 11.8 Å². The van der Waals surface area contributed by atoms with Crippen molar-refractivity contribution in [2.24, 2.45) is 0 Å². The van der Waals surface area contributed by atoms with E-state index in [1.54, 1.807) is 36.2 Å². The third kappa shape index (κ3) is 5.24. The van der Waals surface area contributed by atoms with Crippen LogP contribution in [0.5, 0.6) is 0 Å². The summed E-state index contributed by atoms with van der Waals surface area (Å²) >= 11 is 1.58. The molecule has 188 valence electrons. The molecule has 0 saturated carbocycles. The smallest absolute Gasteiger partial charge is 0.337 e. The fraction of sp³-hybridized carbons (Fsp3) is 0.148. The molecule has 0 spiro atoms. The van der Waals surface area contributed by atoms with Gasteiger partial charge in [-0.2, -0.15) is 13.2 Å². The lowest BCUT2D eigenvalue weighted by Crippen LogP contribution is -2.41. The summed E-state index contributed by atoms with van der Waals surface area (Å²) < 4.78 is 40.9. The zero-order valence-electron chi connectivity index (χ0n) is 19.4. The van der Waals surface area contributed by atoms with Crippen LogP contribution in [0.4, 0.5) is 24.5 Å². The number of nitrogens with one attached hydrogen (secondary N) is 1. The molecule has 0 aliphatic carbocycles. The summed E-state index contributed by atoms with van der Waals surface area (Å²) in [6.07, 6.45) is -1.38. The van der Waals surface area contributed by atoms with Gasteiger partial charge in [0.15, 0.2) is 0 Å². The number of anilines is 2. The van der Waals surface area contributed by atoms with Crippen LogP contribution in [0.1, 0.15) is 32.1 Å². The molecule has 5 rings (SSSR count). The van der Waals surface area contributed by atoms with Crippen LogP contribution in [-0.4, -0.2) is 27.9 Å². The van der Waals surface area contributed by atoms with Crippen LogP contribution in [0, 0.1) is 0 Å². The van der Waals surface area contributed by atoms with Gasteiger partial charge in [0.1, 0.15) is 5.69 Å². The molecular formula is C27H21F3N4O2S. The van der Waals surface area contributed by atoms with Gasteiger partial charge in [0.05, 0.1) is 23.0 Å². The van der Waals surface area contributed by atoms with Gasteiger partial charge in [-0.15, -0.1) is 11.8 Å². The van der Waals surface area contributed by atoms with Crippen molar-refractivity contribution in [2.45, 2.75) is 23.4 Å². The molecule has 4 aromatic rings. The molecule has 0 bridgehead atoms. The zero-order valence-corrected chi connectivity index (χ0v) is 20.2. The fourth-order valence-electron chi connectivity index (χ4n) is 4.20. The summed E-state index contributed by atoms with van der Waals surface area (Å²) in [5.41, 5.74) is 1.24. The average molecular weight is 523 g/mol. The summed E-state index contributed by atoms with van der Waals surface area (Å²) in [5.74, 6) is -0.376. The van der Waals surface area contributed by atoms with Crippen LogP contribution < -0.4 is 10.2 Å². The quantitative estimate of drug-likeness (QED) is 0.311. The summed E-state index contributed by atoms with van der Waals surface area (Å²) in [7, 11) is 0. The van der Waals surface area contributed by atoms with Crippen molar-refractivity contribution in [2.75, 3.05) is 16.8 Å². The number of fused-ring (bicyclic) bond motifs is 1. The first kappa shape index (κ1) is 24.6. The third-order valence-electron chi connectivity index (χ3n) is 5.98. The van der Waals surface area contributed by atoms with Crippen molar-refractivity contribution < 1.29 is 22.8 Å². The molecular weight excluding hydrogens is 501 g/mol. The maximum atomic E-state index is 13.6. The minimum Gasteiger partial charge on any atom is -0.337 e. The van der Waals surface area contributed by atoms with E-state index in [2.05, 4.69) is 10.3 Å². The lowest BCUT2D eigenvalue weighted by molar-refractivity contribution is -0.137. The van der Waals surface area contributed by atoms with Crippen LogP contribution in [0.15, 0.2) is 90.1 Å². The number of aromatic nitrogens is 2. The molecule has 2 amide bonds. The van der Waals surface area contributed by atoms with Gasteiger partial charge >= 0.3 is 6.18 Å². The molecule has 37 heavy (non-hydrogen) atoms. The monoisotopic (exact) mass is 522 g/mol. The fourth-order valence-corrected chi connectivity index (χ4v) is 5.10. The highest BCUT2D eigenvalue weighted by Gasteiger charge is 2.34. The third-order valence-corrected chi connectivity index (χ3v) is 7.02. The summed E-state index contributed by atoms with van der Waals surface area (Å²) in [6, 6.07) is 19.3. The van der Waals surface area contributed by atoms with Crippen molar-refractivity contribution in [1.82, 2.24) is 9.55 Å². The first-order chi connectivity index (χ1) is 17.8. The highest BCUT2D eigenvalue weighted by Crippen LogP contribution is 2.33. The molecule has 0 atom stereocenters. The predicted octanol–water partition coefficient (Wildman–Crippen LogP) is 6.11. The Morgan fingerprint density at radius 1 is 1.00 bits per heavy atom. The molecule has 2 aromatic carbocycles. The van der Waals surface area contributed by atoms with Crippen molar-refractivity contribution in [3.8, 4) is 0 Å². The van der Waals surface area contributed by atoms with Crippen molar-refractivity contribution >= 4 is 35.0 Å². The van der Waals surface area contributed by atoms with Crippen molar-refractivity contribution in [1.29, 1.82) is 0 Å².